The van der Waals surface area contributed by atoms with E-state index < -0.39 is 5.54 Å². The van der Waals surface area contributed by atoms with E-state index in [0.29, 0.717) is 13.0 Å². The summed E-state index contributed by atoms with van der Waals surface area (Å²) >= 11 is 0. The molecule has 1 aromatic rings. The molecular weight excluding hydrogens is 230 g/mol. The minimum atomic E-state index is -0.822. The number of carbonyl (C=O) groups is 1. The molecule has 0 aliphatic rings. The van der Waals surface area contributed by atoms with Crippen molar-refractivity contribution < 1.29 is 4.79 Å². The maximum absolute atomic E-state index is 11.9. The predicted molar refractivity (Wildman–Crippen MR) is 69.8 cm³/mol. The highest BCUT2D eigenvalue weighted by molar-refractivity contribution is 5.85. The number of nitrogens with one attached hydrogen (secondary N) is 1. The standard InChI is InChI=1S/C12H23N5O/c1-5-6-12(4,13)11(18)14-7-10-16-15-8-17(10)9(2)3/h8-9H,5-7,13H2,1-4H3,(H,14,18). The Morgan fingerprint density at radius 2 is 2.28 bits per heavy atom. The summed E-state index contributed by atoms with van der Waals surface area (Å²) in [5.74, 6) is 0.591. The van der Waals surface area contributed by atoms with Crippen LogP contribution in [-0.2, 0) is 11.3 Å². The maximum Gasteiger partial charge on any atom is 0.240 e. The number of amides is 1. The van der Waals surface area contributed by atoms with Crippen LogP contribution in [0.3, 0.4) is 0 Å². The Kier molecular flexibility index (Phi) is 4.84. The van der Waals surface area contributed by atoms with E-state index in [4.69, 9.17) is 5.73 Å². The van der Waals surface area contributed by atoms with Crippen LogP contribution in [-0.4, -0.2) is 26.2 Å². The fraction of sp³-hybridized carbons (Fsp3) is 0.750. The molecule has 6 nitrogen and oxygen atoms in total. The van der Waals surface area contributed by atoms with Crippen LogP contribution in [0.1, 0.15) is 52.4 Å². The molecule has 3 N–H and O–H groups in total. The number of hydrogen-bond acceptors (Lipinski definition) is 4. The van der Waals surface area contributed by atoms with Crippen LogP contribution >= 0.6 is 0 Å². The summed E-state index contributed by atoms with van der Waals surface area (Å²) in [5.41, 5.74) is 5.13. The molecule has 0 aromatic carbocycles. The van der Waals surface area contributed by atoms with Gasteiger partial charge < -0.3 is 15.6 Å². The van der Waals surface area contributed by atoms with Crippen molar-refractivity contribution in [2.24, 2.45) is 5.73 Å². The number of carbonyl (C=O) groups excluding carboxylic acids is 1. The molecule has 0 aliphatic heterocycles. The van der Waals surface area contributed by atoms with E-state index in [-0.39, 0.29) is 11.9 Å². The van der Waals surface area contributed by atoms with E-state index in [0.717, 1.165) is 12.2 Å². The molecule has 1 atom stereocenters. The van der Waals surface area contributed by atoms with Crippen LogP contribution in [0.2, 0.25) is 0 Å². The first-order valence-corrected chi connectivity index (χ1v) is 6.34. The van der Waals surface area contributed by atoms with Crippen molar-refractivity contribution in [2.75, 3.05) is 0 Å². The summed E-state index contributed by atoms with van der Waals surface area (Å²) in [5, 5.41) is 10.7. The molecule has 0 fully saturated rings. The first kappa shape index (κ1) is 14.6. The van der Waals surface area contributed by atoms with Gasteiger partial charge in [-0.25, -0.2) is 0 Å². The maximum atomic E-state index is 11.9. The number of nitrogens with two attached hydrogens (primary N) is 1. The zero-order chi connectivity index (χ0) is 13.8. The molecule has 1 amide bonds. The van der Waals surface area contributed by atoms with Crippen LogP contribution in [0, 0.1) is 0 Å². The SMILES string of the molecule is CCCC(C)(N)C(=O)NCc1nncn1C(C)C. The molecule has 0 aliphatic carbocycles. The van der Waals surface area contributed by atoms with Crippen molar-refractivity contribution in [1.82, 2.24) is 20.1 Å². The smallest absolute Gasteiger partial charge is 0.240 e. The third kappa shape index (κ3) is 3.53. The van der Waals surface area contributed by atoms with Crippen LogP contribution in [0.5, 0.6) is 0 Å². The summed E-state index contributed by atoms with van der Waals surface area (Å²) in [4.78, 5) is 11.9. The Bertz CT molecular complexity index is 397. The lowest BCUT2D eigenvalue weighted by Crippen LogP contribution is -2.51. The summed E-state index contributed by atoms with van der Waals surface area (Å²) in [7, 11) is 0. The van der Waals surface area contributed by atoms with Gasteiger partial charge in [0.05, 0.1) is 12.1 Å². The highest BCUT2D eigenvalue weighted by Gasteiger charge is 2.27. The Balaban J connectivity index is 2.60. The quantitative estimate of drug-likeness (QED) is 0.791. The number of nitrogens with zero attached hydrogens (tertiary/aromatic N) is 3. The van der Waals surface area contributed by atoms with E-state index in [1.807, 2.05) is 25.3 Å². The molecule has 1 rings (SSSR count). The largest absolute Gasteiger partial charge is 0.347 e. The zero-order valence-electron chi connectivity index (χ0n) is 11.6. The molecule has 0 saturated carbocycles. The Hall–Kier alpha value is -1.43. The molecular formula is C12H23N5O. The van der Waals surface area contributed by atoms with Crippen molar-refractivity contribution in [2.45, 2.75) is 58.7 Å². The topological polar surface area (TPSA) is 85.8 Å². The predicted octanol–water partition coefficient (Wildman–Crippen LogP) is 0.993. The minimum Gasteiger partial charge on any atom is -0.347 e. The average Bonchev–Trinajstić information content (AvgIpc) is 2.73. The zero-order valence-corrected chi connectivity index (χ0v) is 11.6. The van der Waals surface area contributed by atoms with Gasteiger partial charge in [0.1, 0.15) is 6.33 Å². The first-order valence-electron chi connectivity index (χ1n) is 6.34. The lowest BCUT2D eigenvalue weighted by atomic mass is 9.96. The molecule has 102 valence electrons. The second kappa shape index (κ2) is 5.95. The van der Waals surface area contributed by atoms with E-state index in [1.54, 1.807) is 13.3 Å². The third-order valence-corrected chi connectivity index (χ3v) is 2.90. The molecule has 0 spiro atoms. The van der Waals surface area contributed by atoms with Gasteiger partial charge in [0.15, 0.2) is 5.82 Å². The summed E-state index contributed by atoms with van der Waals surface area (Å²) in [6.07, 6.45) is 3.21. The van der Waals surface area contributed by atoms with Gasteiger partial charge in [-0.15, -0.1) is 10.2 Å². The fourth-order valence-corrected chi connectivity index (χ4v) is 1.82. The third-order valence-electron chi connectivity index (χ3n) is 2.90. The van der Waals surface area contributed by atoms with Crippen molar-refractivity contribution in [1.29, 1.82) is 0 Å². The van der Waals surface area contributed by atoms with Crippen molar-refractivity contribution in [3.63, 3.8) is 0 Å². The lowest BCUT2D eigenvalue weighted by Gasteiger charge is -2.22. The summed E-state index contributed by atoms with van der Waals surface area (Å²) in [6, 6.07) is 0.270. The van der Waals surface area contributed by atoms with Gasteiger partial charge in [-0.2, -0.15) is 0 Å². The fourth-order valence-electron chi connectivity index (χ4n) is 1.82. The van der Waals surface area contributed by atoms with Crippen LogP contribution in [0.15, 0.2) is 6.33 Å². The highest BCUT2D eigenvalue weighted by atomic mass is 16.2. The molecule has 0 bridgehead atoms. The van der Waals surface area contributed by atoms with E-state index in [1.165, 1.54) is 0 Å². The van der Waals surface area contributed by atoms with Gasteiger partial charge in [0.25, 0.3) is 0 Å². The van der Waals surface area contributed by atoms with E-state index >= 15 is 0 Å². The number of rotatable bonds is 6. The van der Waals surface area contributed by atoms with Crippen molar-refractivity contribution in [3.8, 4) is 0 Å². The molecule has 6 heteroatoms. The molecule has 1 aromatic heterocycles. The Morgan fingerprint density at radius 3 is 2.83 bits per heavy atom. The first-order chi connectivity index (χ1) is 8.38. The highest BCUT2D eigenvalue weighted by Crippen LogP contribution is 2.10. The lowest BCUT2D eigenvalue weighted by molar-refractivity contribution is -0.126. The van der Waals surface area contributed by atoms with Gasteiger partial charge >= 0.3 is 0 Å². The molecule has 18 heavy (non-hydrogen) atoms. The second-order valence-electron chi connectivity index (χ2n) is 5.10. The number of hydrogen-bond donors (Lipinski definition) is 2. The van der Waals surface area contributed by atoms with Gasteiger partial charge in [0.2, 0.25) is 5.91 Å². The van der Waals surface area contributed by atoms with Crippen LogP contribution in [0.4, 0.5) is 0 Å². The van der Waals surface area contributed by atoms with Gasteiger partial charge in [-0.1, -0.05) is 13.3 Å². The molecule has 0 saturated heterocycles. The molecule has 1 unspecified atom stereocenters. The molecule has 0 radical (unpaired) electrons. The normalized spacial score (nSPS) is 14.6. The number of aromatic nitrogens is 3. The monoisotopic (exact) mass is 253 g/mol. The van der Waals surface area contributed by atoms with E-state index in [2.05, 4.69) is 15.5 Å². The molecule has 1 heterocycles. The minimum absolute atomic E-state index is 0.150. The van der Waals surface area contributed by atoms with Crippen LogP contribution in [0.25, 0.3) is 0 Å². The average molecular weight is 253 g/mol. The summed E-state index contributed by atoms with van der Waals surface area (Å²) in [6.45, 7) is 8.19. The Labute approximate surface area is 108 Å². The Morgan fingerprint density at radius 1 is 1.61 bits per heavy atom. The summed E-state index contributed by atoms with van der Waals surface area (Å²) < 4.78 is 1.92. The van der Waals surface area contributed by atoms with Crippen molar-refractivity contribution >= 4 is 5.91 Å². The van der Waals surface area contributed by atoms with Gasteiger partial charge in [-0.3, -0.25) is 4.79 Å². The van der Waals surface area contributed by atoms with Crippen molar-refractivity contribution in [3.05, 3.63) is 12.2 Å². The second-order valence-corrected chi connectivity index (χ2v) is 5.10. The van der Waals surface area contributed by atoms with Gasteiger partial charge in [-0.05, 0) is 27.2 Å². The van der Waals surface area contributed by atoms with E-state index in [9.17, 15) is 4.79 Å². The van der Waals surface area contributed by atoms with Gasteiger partial charge in [0, 0.05) is 6.04 Å². The van der Waals surface area contributed by atoms with Crippen LogP contribution < -0.4 is 11.1 Å².